The van der Waals surface area contributed by atoms with Gasteiger partial charge in [0, 0.05) is 18.2 Å². The maximum absolute atomic E-state index is 12.6. The van der Waals surface area contributed by atoms with E-state index < -0.39 is 18.0 Å². The molecule has 1 aromatic carbocycles. The topological polar surface area (TPSA) is 70.8 Å². The van der Waals surface area contributed by atoms with E-state index >= 15 is 0 Å². The highest BCUT2D eigenvalue weighted by Crippen LogP contribution is 2.34. The number of carbonyl (C=O) groups is 1. The molecule has 1 amide bonds. The first kappa shape index (κ1) is 19.2. The van der Waals surface area contributed by atoms with E-state index in [-0.39, 0.29) is 30.3 Å². The standard InChI is InChI=1S/C15H20F3NO4/c1-9(2)13-10(14(19)20)4-5-12(23-15(16,17)18)11(13)8-22-7-6-21-3/h4-5,9H,6-8H2,1-3H3,(H2,19,20). The number of nitrogens with two attached hydrogens (primary N) is 1. The molecule has 0 aliphatic carbocycles. The zero-order valence-corrected chi connectivity index (χ0v) is 13.2. The van der Waals surface area contributed by atoms with Crippen molar-refractivity contribution in [3.63, 3.8) is 0 Å². The normalized spacial score (nSPS) is 11.8. The summed E-state index contributed by atoms with van der Waals surface area (Å²) in [5.41, 5.74) is 6.01. The van der Waals surface area contributed by atoms with Gasteiger partial charge in [0.15, 0.2) is 0 Å². The van der Waals surface area contributed by atoms with Crippen LogP contribution in [0.4, 0.5) is 13.2 Å². The van der Waals surface area contributed by atoms with Crippen LogP contribution in [0.3, 0.4) is 0 Å². The fraction of sp³-hybridized carbons (Fsp3) is 0.533. The molecular formula is C15H20F3NO4. The van der Waals surface area contributed by atoms with Crippen LogP contribution in [0.25, 0.3) is 0 Å². The minimum Gasteiger partial charge on any atom is -0.405 e. The lowest BCUT2D eigenvalue weighted by molar-refractivity contribution is -0.275. The summed E-state index contributed by atoms with van der Waals surface area (Å²) >= 11 is 0. The summed E-state index contributed by atoms with van der Waals surface area (Å²) in [5, 5.41) is 0. The molecule has 0 aromatic heterocycles. The van der Waals surface area contributed by atoms with Crippen LogP contribution in [0, 0.1) is 0 Å². The van der Waals surface area contributed by atoms with E-state index in [9.17, 15) is 18.0 Å². The molecule has 0 heterocycles. The summed E-state index contributed by atoms with van der Waals surface area (Å²) in [6, 6.07) is 2.31. The lowest BCUT2D eigenvalue weighted by Crippen LogP contribution is -2.21. The maximum atomic E-state index is 12.6. The van der Waals surface area contributed by atoms with Crippen LogP contribution in [0.15, 0.2) is 12.1 Å². The molecule has 0 saturated carbocycles. The summed E-state index contributed by atoms with van der Waals surface area (Å²) in [7, 11) is 1.48. The molecule has 0 aliphatic heterocycles. The van der Waals surface area contributed by atoms with Crippen LogP contribution in [0.1, 0.15) is 41.3 Å². The van der Waals surface area contributed by atoms with Gasteiger partial charge in [0.25, 0.3) is 0 Å². The van der Waals surface area contributed by atoms with Crippen LogP contribution >= 0.6 is 0 Å². The van der Waals surface area contributed by atoms with E-state index in [0.29, 0.717) is 12.2 Å². The summed E-state index contributed by atoms with van der Waals surface area (Å²) in [4.78, 5) is 11.5. The predicted octanol–water partition coefficient (Wildman–Crippen LogP) is 2.97. The van der Waals surface area contributed by atoms with Crippen LogP contribution in [-0.4, -0.2) is 32.6 Å². The van der Waals surface area contributed by atoms with E-state index in [1.54, 1.807) is 13.8 Å². The highest BCUT2D eigenvalue weighted by molar-refractivity contribution is 5.95. The highest BCUT2D eigenvalue weighted by atomic mass is 19.4. The van der Waals surface area contributed by atoms with Crippen LogP contribution in [0.2, 0.25) is 0 Å². The molecule has 0 radical (unpaired) electrons. The monoisotopic (exact) mass is 335 g/mol. The lowest BCUT2D eigenvalue weighted by atomic mass is 9.91. The number of alkyl halides is 3. The molecule has 8 heteroatoms. The van der Waals surface area contributed by atoms with Crippen molar-refractivity contribution in [2.24, 2.45) is 5.73 Å². The van der Waals surface area contributed by atoms with Gasteiger partial charge >= 0.3 is 6.36 Å². The van der Waals surface area contributed by atoms with Crippen molar-refractivity contribution in [2.75, 3.05) is 20.3 Å². The molecule has 0 atom stereocenters. The van der Waals surface area contributed by atoms with E-state index in [1.807, 2.05) is 0 Å². The number of halogens is 3. The molecule has 5 nitrogen and oxygen atoms in total. The molecule has 0 aliphatic rings. The molecule has 23 heavy (non-hydrogen) atoms. The van der Waals surface area contributed by atoms with Gasteiger partial charge in [-0.25, -0.2) is 0 Å². The van der Waals surface area contributed by atoms with Crippen molar-refractivity contribution >= 4 is 5.91 Å². The second kappa shape index (κ2) is 8.16. The number of methoxy groups -OCH3 is 1. The molecule has 0 unspecified atom stereocenters. The number of carbonyl (C=O) groups excluding carboxylic acids is 1. The summed E-state index contributed by atoms with van der Waals surface area (Å²) in [5.74, 6) is -1.36. The average Bonchev–Trinajstić information content (AvgIpc) is 2.42. The van der Waals surface area contributed by atoms with Gasteiger partial charge < -0.3 is 19.9 Å². The third-order valence-electron chi connectivity index (χ3n) is 3.06. The van der Waals surface area contributed by atoms with Crippen LogP contribution in [-0.2, 0) is 16.1 Å². The Labute approximate surface area is 132 Å². The Morgan fingerprint density at radius 1 is 1.26 bits per heavy atom. The number of hydrogen-bond donors (Lipinski definition) is 1. The lowest BCUT2D eigenvalue weighted by Gasteiger charge is -2.21. The zero-order chi connectivity index (χ0) is 17.6. The number of rotatable bonds is 8. The number of primary amides is 1. The van der Waals surface area contributed by atoms with Gasteiger partial charge in [-0.1, -0.05) is 13.8 Å². The summed E-state index contributed by atoms with van der Waals surface area (Å²) in [6.07, 6.45) is -4.84. The van der Waals surface area contributed by atoms with Crippen molar-refractivity contribution in [3.8, 4) is 5.75 Å². The van der Waals surface area contributed by atoms with E-state index in [2.05, 4.69) is 4.74 Å². The van der Waals surface area contributed by atoms with Crippen molar-refractivity contribution in [2.45, 2.75) is 32.7 Å². The smallest absolute Gasteiger partial charge is 0.405 e. The van der Waals surface area contributed by atoms with E-state index in [4.69, 9.17) is 15.2 Å². The second-order valence-electron chi connectivity index (χ2n) is 5.12. The van der Waals surface area contributed by atoms with E-state index in [0.717, 1.165) is 6.07 Å². The van der Waals surface area contributed by atoms with Gasteiger partial charge in [0.05, 0.1) is 19.8 Å². The van der Waals surface area contributed by atoms with E-state index in [1.165, 1.54) is 13.2 Å². The van der Waals surface area contributed by atoms with Gasteiger partial charge in [-0.2, -0.15) is 0 Å². The molecular weight excluding hydrogens is 315 g/mol. The summed E-state index contributed by atoms with van der Waals surface area (Å²) in [6.45, 7) is 3.83. The Bertz CT molecular complexity index is 544. The van der Waals surface area contributed by atoms with Gasteiger partial charge in [0.2, 0.25) is 5.91 Å². The number of amides is 1. The first-order valence-electron chi connectivity index (χ1n) is 6.95. The van der Waals surface area contributed by atoms with Crippen molar-refractivity contribution in [1.82, 2.24) is 0 Å². The number of ether oxygens (including phenoxy) is 3. The number of benzene rings is 1. The van der Waals surface area contributed by atoms with Gasteiger partial charge in [-0.05, 0) is 23.6 Å². The SMILES string of the molecule is COCCOCc1c(OC(F)(F)F)ccc(C(N)=O)c1C(C)C. The molecule has 0 saturated heterocycles. The van der Waals surface area contributed by atoms with Crippen molar-refractivity contribution in [1.29, 1.82) is 0 Å². The summed E-state index contributed by atoms with van der Waals surface area (Å²) < 4.78 is 51.9. The Balaban J connectivity index is 3.28. The highest BCUT2D eigenvalue weighted by Gasteiger charge is 2.33. The molecule has 130 valence electrons. The Kier molecular flexibility index (Phi) is 6.83. The van der Waals surface area contributed by atoms with Crippen molar-refractivity contribution < 1.29 is 32.2 Å². The third kappa shape index (κ3) is 5.72. The Morgan fingerprint density at radius 2 is 1.91 bits per heavy atom. The van der Waals surface area contributed by atoms with Gasteiger partial charge in [-0.15, -0.1) is 13.2 Å². The molecule has 1 rings (SSSR count). The maximum Gasteiger partial charge on any atom is 0.573 e. The predicted molar refractivity (Wildman–Crippen MR) is 77.3 cm³/mol. The molecule has 0 bridgehead atoms. The fourth-order valence-electron chi connectivity index (χ4n) is 2.20. The second-order valence-corrected chi connectivity index (χ2v) is 5.12. The minimum absolute atomic E-state index is 0.149. The third-order valence-corrected chi connectivity index (χ3v) is 3.06. The minimum atomic E-state index is -4.84. The van der Waals surface area contributed by atoms with Crippen LogP contribution in [0.5, 0.6) is 5.75 Å². The van der Waals surface area contributed by atoms with Gasteiger partial charge in [0.1, 0.15) is 5.75 Å². The van der Waals surface area contributed by atoms with Gasteiger partial charge in [-0.3, -0.25) is 4.79 Å². The zero-order valence-electron chi connectivity index (χ0n) is 13.2. The molecule has 0 fully saturated rings. The Hall–Kier alpha value is -1.80. The largest absolute Gasteiger partial charge is 0.573 e. The van der Waals surface area contributed by atoms with Crippen molar-refractivity contribution in [3.05, 3.63) is 28.8 Å². The number of hydrogen-bond acceptors (Lipinski definition) is 4. The Morgan fingerprint density at radius 3 is 2.39 bits per heavy atom. The quantitative estimate of drug-likeness (QED) is 0.742. The molecule has 0 spiro atoms. The average molecular weight is 335 g/mol. The molecule has 1 aromatic rings. The first-order chi connectivity index (χ1) is 10.7. The first-order valence-corrected chi connectivity index (χ1v) is 6.95. The van der Waals surface area contributed by atoms with Crippen LogP contribution < -0.4 is 10.5 Å². The fourth-order valence-corrected chi connectivity index (χ4v) is 2.20. The molecule has 2 N–H and O–H groups in total.